The van der Waals surface area contributed by atoms with Gasteiger partial charge in [0.1, 0.15) is 5.82 Å². The number of thiocarbonyl (C=S) groups is 1. The molecule has 1 saturated carbocycles. The molecule has 1 aromatic carbocycles. The Kier molecular flexibility index (Phi) is 4.18. The SMILES string of the molecule is Fc1cccc(Cl)c1NC(=S)NC1CCCC1. The first-order valence-electron chi connectivity index (χ1n) is 5.68. The van der Waals surface area contributed by atoms with E-state index in [-0.39, 0.29) is 5.69 Å². The lowest BCUT2D eigenvalue weighted by atomic mass is 10.2. The molecule has 0 unspecified atom stereocenters. The fourth-order valence-electron chi connectivity index (χ4n) is 2.02. The van der Waals surface area contributed by atoms with Crippen LogP contribution in [-0.4, -0.2) is 11.2 Å². The molecule has 0 saturated heterocycles. The zero-order valence-corrected chi connectivity index (χ0v) is 10.9. The first-order chi connectivity index (χ1) is 8.16. The van der Waals surface area contributed by atoms with Crippen molar-refractivity contribution in [2.45, 2.75) is 31.7 Å². The van der Waals surface area contributed by atoms with Crippen molar-refractivity contribution >= 4 is 34.6 Å². The summed E-state index contributed by atoms with van der Waals surface area (Å²) in [5, 5.41) is 6.76. The molecule has 0 radical (unpaired) electrons. The Morgan fingerprint density at radius 2 is 2.06 bits per heavy atom. The topological polar surface area (TPSA) is 24.1 Å². The van der Waals surface area contributed by atoms with Gasteiger partial charge in [-0.1, -0.05) is 30.5 Å². The Balaban J connectivity index is 1.97. The average Bonchev–Trinajstić information content (AvgIpc) is 2.76. The van der Waals surface area contributed by atoms with E-state index in [0.717, 1.165) is 12.8 Å². The number of rotatable bonds is 2. The van der Waals surface area contributed by atoms with Gasteiger partial charge in [0.05, 0.1) is 10.7 Å². The molecule has 2 nitrogen and oxygen atoms in total. The summed E-state index contributed by atoms with van der Waals surface area (Å²) in [6.45, 7) is 0. The molecule has 0 spiro atoms. The smallest absolute Gasteiger partial charge is 0.171 e. The lowest BCUT2D eigenvalue weighted by Gasteiger charge is -2.16. The van der Waals surface area contributed by atoms with Crippen LogP contribution in [0.15, 0.2) is 18.2 Å². The van der Waals surface area contributed by atoms with E-state index in [1.165, 1.54) is 18.9 Å². The molecule has 1 fully saturated rings. The van der Waals surface area contributed by atoms with Crippen molar-refractivity contribution < 1.29 is 4.39 Å². The Bertz CT molecular complexity index is 399. The normalized spacial score (nSPS) is 15.9. The Labute approximate surface area is 111 Å². The van der Waals surface area contributed by atoms with Gasteiger partial charge in [-0.25, -0.2) is 4.39 Å². The van der Waals surface area contributed by atoms with Gasteiger partial charge in [0, 0.05) is 6.04 Å². The highest BCUT2D eigenvalue weighted by molar-refractivity contribution is 7.80. The predicted octanol–water partition coefficient (Wildman–Crippen LogP) is 3.71. The van der Waals surface area contributed by atoms with Crippen LogP contribution in [-0.2, 0) is 0 Å². The molecule has 0 amide bonds. The molecule has 17 heavy (non-hydrogen) atoms. The van der Waals surface area contributed by atoms with Crippen molar-refractivity contribution in [3.63, 3.8) is 0 Å². The van der Waals surface area contributed by atoms with E-state index in [0.29, 0.717) is 16.2 Å². The third kappa shape index (κ3) is 3.30. The van der Waals surface area contributed by atoms with E-state index in [1.54, 1.807) is 12.1 Å². The second kappa shape index (κ2) is 5.65. The highest BCUT2D eigenvalue weighted by atomic mass is 35.5. The van der Waals surface area contributed by atoms with Gasteiger partial charge in [0.25, 0.3) is 0 Å². The maximum atomic E-state index is 13.5. The summed E-state index contributed by atoms with van der Waals surface area (Å²) in [5.41, 5.74) is 0.240. The van der Waals surface area contributed by atoms with Crippen LogP contribution in [0.25, 0.3) is 0 Å². The maximum Gasteiger partial charge on any atom is 0.171 e. The molecular formula is C12H14ClFN2S. The average molecular weight is 273 g/mol. The van der Waals surface area contributed by atoms with E-state index in [1.807, 2.05) is 0 Å². The number of halogens is 2. The third-order valence-corrected chi connectivity index (χ3v) is 3.43. The van der Waals surface area contributed by atoms with Gasteiger partial charge in [0.15, 0.2) is 5.11 Å². The Morgan fingerprint density at radius 3 is 2.71 bits per heavy atom. The van der Waals surface area contributed by atoms with Crippen LogP contribution >= 0.6 is 23.8 Å². The second-order valence-corrected chi connectivity index (χ2v) is 4.99. The summed E-state index contributed by atoms with van der Waals surface area (Å²) in [6, 6.07) is 4.95. The zero-order valence-electron chi connectivity index (χ0n) is 9.30. The summed E-state index contributed by atoms with van der Waals surface area (Å²) >= 11 is 11.0. The molecule has 0 aromatic heterocycles. The standard InChI is InChI=1S/C12H14ClFN2S/c13-9-6-3-7-10(14)11(9)16-12(17)15-8-4-1-2-5-8/h3,6-8H,1-2,4-5H2,(H2,15,16,17). The number of benzene rings is 1. The number of nitrogens with one attached hydrogen (secondary N) is 2. The third-order valence-electron chi connectivity index (χ3n) is 2.89. The monoisotopic (exact) mass is 272 g/mol. The van der Waals surface area contributed by atoms with Gasteiger partial charge in [-0.2, -0.15) is 0 Å². The van der Waals surface area contributed by atoms with E-state index >= 15 is 0 Å². The molecule has 0 atom stereocenters. The highest BCUT2D eigenvalue weighted by Crippen LogP contribution is 2.24. The molecular weight excluding hydrogens is 259 g/mol. The number of anilines is 1. The minimum Gasteiger partial charge on any atom is -0.360 e. The lowest BCUT2D eigenvalue weighted by Crippen LogP contribution is -2.36. The van der Waals surface area contributed by atoms with Gasteiger partial charge in [-0.3, -0.25) is 0 Å². The summed E-state index contributed by atoms with van der Waals surface area (Å²) < 4.78 is 13.5. The maximum absolute atomic E-state index is 13.5. The van der Waals surface area contributed by atoms with E-state index in [9.17, 15) is 4.39 Å². The Hall–Kier alpha value is -0.870. The first kappa shape index (κ1) is 12.6. The first-order valence-corrected chi connectivity index (χ1v) is 6.47. The number of hydrogen-bond acceptors (Lipinski definition) is 1. The van der Waals surface area contributed by atoms with E-state index < -0.39 is 5.82 Å². The summed E-state index contributed by atoms with van der Waals surface area (Å²) in [5.74, 6) is -0.395. The highest BCUT2D eigenvalue weighted by Gasteiger charge is 2.16. The molecule has 0 heterocycles. The molecule has 0 aliphatic heterocycles. The van der Waals surface area contributed by atoms with Crippen molar-refractivity contribution in [3.05, 3.63) is 29.0 Å². The minimum absolute atomic E-state index is 0.240. The van der Waals surface area contributed by atoms with Gasteiger partial charge >= 0.3 is 0 Å². The fraction of sp³-hybridized carbons (Fsp3) is 0.417. The lowest BCUT2D eigenvalue weighted by molar-refractivity contribution is 0.626. The number of para-hydroxylation sites is 1. The summed E-state index contributed by atoms with van der Waals surface area (Å²) in [7, 11) is 0. The molecule has 92 valence electrons. The molecule has 2 rings (SSSR count). The van der Waals surface area contributed by atoms with Crippen LogP contribution in [0.5, 0.6) is 0 Å². The predicted molar refractivity (Wildman–Crippen MR) is 73.0 cm³/mol. The van der Waals surface area contributed by atoms with Crippen molar-refractivity contribution in [3.8, 4) is 0 Å². The number of hydrogen-bond donors (Lipinski definition) is 2. The van der Waals surface area contributed by atoms with Crippen molar-refractivity contribution in [2.75, 3.05) is 5.32 Å². The van der Waals surface area contributed by atoms with Crippen molar-refractivity contribution in [1.82, 2.24) is 5.32 Å². The van der Waals surface area contributed by atoms with Crippen LogP contribution in [0.4, 0.5) is 10.1 Å². The van der Waals surface area contributed by atoms with E-state index in [4.69, 9.17) is 23.8 Å². The molecule has 1 aromatic rings. The van der Waals surface area contributed by atoms with Gasteiger partial charge in [0.2, 0.25) is 0 Å². The van der Waals surface area contributed by atoms with Crippen LogP contribution in [0.1, 0.15) is 25.7 Å². The van der Waals surface area contributed by atoms with Crippen LogP contribution < -0.4 is 10.6 Å². The molecule has 0 bridgehead atoms. The Morgan fingerprint density at radius 1 is 1.35 bits per heavy atom. The largest absolute Gasteiger partial charge is 0.360 e. The minimum atomic E-state index is -0.395. The van der Waals surface area contributed by atoms with Crippen molar-refractivity contribution in [2.24, 2.45) is 0 Å². The quantitative estimate of drug-likeness (QED) is 0.803. The van der Waals surface area contributed by atoms with Gasteiger partial charge in [-0.05, 0) is 37.2 Å². The molecule has 2 N–H and O–H groups in total. The van der Waals surface area contributed by atoms with Crippen molar-refractivity contribution in [1.29, 1.82) is 0 Å². The molecule has 5 heteroatoms. The fourth-order valence-corrected chi connectivity index (χ4v) is 2.50. The second-order valence-electron chi connectivity index (χ2n) is 4.18. The molecule has 1 aliphatic rings. The summed E-state index contributed by atoms with van der Waals surface area (Å²) in [4.78, 5) is 0. The summed E-state index contributed by atoms with van der Waals surface area (Å²) in [6.07, 6.45) is 4.68. The van der Waals surface area contributed by atoms with Crippen LogP contribution in [0.3, 0.4) is 0 Å². The van der Waals surface area contributed by atoms with Gasteiger partial charge < -0.3 is 10.6 Å². The van der Waals surface area contributed by atoms with Gasteiger partial charge in [-0.15, -0.1) is 0 Å². The van der Waals surface area contributed by atoms with E-state index in [2.05, 4.69) is 10.6 Å². The molecule has 1 aliphatic carbocycles. The zero-order chi connectivity index (χ0) is 12.3. The van der Waals surface area contributed by atoms with Crippen LogP contribution in [0.2, 0.25) is 5.02 Å². The van der Waals surface area contributed by atoms with Crippen LogP contribution in [0, 0.1) is 5.82 Å².